The van der Waals surface area contributed by atoms with Gasteiger partial charge in [0.05, 0.1) is 19.4 Å². The Hall–Kier alpha value is -1.79. The van der Waals surface area contributed by atoms with Gasteiger partial charge in [0.15, 0.2) is 0 Å². The van der Waals surface area contributed by atoms with E-state index in [1.807, 2.05) is 24.3 Å². The molecule has 7 heteroatoms. The third-order valence-corrected chi connectivity index (χ3v) is 3.35. The summed E-state index contributed by atoms with van der Waals surface area (Å²) in [7, 11) is 1.60. The van der Waals surface area contributed by atoms with Gasteiger partial charge in [-0.1, -0.05) is 17.3 Å². The zero-order valence-electron chi connectivity index (χ0n) is 12.7. The molecule has 0 radical (unpaired) electrons. The highest BCUT2D eigenvalue weighted by Gasteiger charge is 2.47. The molecule has 1 aromatic carbocycles. The van der Waals surface area contributed by atoms with Crippen molar-refractivity contribution < 1.29 is 19.1 Å². The van der Waals surface area contributed by atoms with Crippen molar-refractivity contribution in [1.29, 1.82) is 0 Å². The molecule has 0 saturated carbocycles. The number of methoxy groups -OCH3 is 1. The summed E-state index contributed by atoms with van der Waals surface area (Å²) in [6.07, 6.45) is 0.704. The molecule has 1 unspecified atom stereocenters. The smallest absolute Gasteiger partial charge is 0.354 e. The van der Waals surface area contributed by atoms with Gasteiger partial charge in [0.2, 0.25) is 5.60 Å². The number of hydrogen-bond donors (Lipinski definition) is 1. The second kappa shape index (κ2) is 8.00. The number of esters is 1. The van der Waals surface area contributed by atoms with E-state index in [4.69, 9.17) is 20.0 Å². The molecule has 6 nitrogen and oxygen atoms in total. The van der Waals surface area contributed by atoms with Gasteiger partial charge in [-0.3, -0.25) is 0 Å². The van der Waals surface area contributed by atoms with E-state index in [1.165, 1.54) is 0 Å². The van der Waals surface area contributed by atoms with Gasteiger partial charge in [0.25, 0.3) is 0 Å². The van der Waals surface area contributed by atoms with Crippen molar-refractivity contribution >= 4 is 24.1 Å². The quantitative estimate of drug-likeness (QED) is 0.803. The van der Waals surface area contributed by atoms with E-state index in [0.717, 1.165) is 11.3 Å². The van der Waals surface area contributed by atoms with Gasteiger partial charge in [0.1, 0.15) is 5.75 Å². The van der Waals surface area contributed by atoms with Crippen LogP contribution in [0.15, 0.2) is 29.4 Å². The van der Waals surface area contributed by atoms with Gasteiger partial charge in [-0.05, 0) is 24.6 Å². The van der Waals surface area contributed by atoms with Crippen molar-refractivity contribution in [2.45, 2.75) is 25.4 Å². The molecule has 0 fully saturated rings. The maximum Gasteiger partial charge on any atom is 0.354 e. The normalized spacial score (nSPS) is 19.7. The fourth-order valence-electron chi connectivity index (χ4n) is 2.31. The van der Waals surface area contributed by atoms with E-state index in [2.05, 4.69) is 5.16 Å². The average molecular weight is 329 g/mol. The zero-order valence-corrected chi connectivity index (χ0v) is 13.5. The number of rotatable bonds is 6. The van der Waals surface area contributed by atoms with Crippen LogP contribution in [0.2, 0.25) is 0 Å². The molecule has 0 aliphatic carbocycles. The number of halogens is 1. The van der Waals surface area contributed by atoms with Crippen LogP contribution in [0, 0.1) is 0 Å². The Labute approximate surface area is 136 Å². The van der Waals surface area contributed by atoms with Crippen LogP contribution in [0.5, 0.6) is 5.75 Å². The molecular weight excluding hydrogens is 308 g/mol. The Morgan fingerprint density at radius 3 is 2.86 bits per heavy atom. The summed E-state index contributed by atoms with van der Waals surface area (Å²) >= 11 is 0. The fourth-order valence-corrected chi connectivity index (χ4v) is 2.31. The summed E-state index contributed by atoms with van der Waals surface area (Å²) in [5, 5.41) is 3.91. The largest absolute Gasteiger partial charge is 0.497 e. The minimum absolute atomic E-state index is 0. The summed E-state index contributed by atoms with van der Waals surface area (Å²) in [6.45, 7) is 2.32. The van der Waals surface area contributed by atoms with Crippen LogP contribution < -0.4 is 10.5 Å². The predicted octanol–water partition coefficient (Wildman–Crippen LogP) is 1.70. The minimum Gasteiger partial charge on any atom is -0.497 e. The van der Waals surface area contributed by atoms with Gasteiger partial charge in [0, 0.05) is 19.4 Å². The lowest BCUT2D eigenvalue weighted by Crippen LogP contribution is -2.43. The molecule has 1 aromatic rings. The third kappa shape index (κ3) is 3.90. The molecule has 1 heterocycles. The summed E-state index contributed by atoms with van der Waals surface area (Å²) in [6, 6.07) is 7.49. The summed E-state index contributed by atoms with van der Waals surface area (Å²) in [5.74, 6) is 0.310. The number of carbonyl (C=O) groups excluding carboxylic acids is 1. The van der Waals surface area contributed by atoms with Crippen LogP contribution in [-0.2, 0) is 20.8 Å². The standard InChI is InChI=1S/C15H20N2O4.ClH/c1-3-20-14(18)15(9-12(10-16)17-21-15)8-11-5-4-6-13(7-11)19-2;/h4-7H,3,8-10,16H2,1-2H3;1H. The SMILES string of the molecule is CCOC(=O)C1(Cc2cccc(OC)c2)CC(CN)=NO1.Cl. The van der Waals surface area contributed by atoms with Crippen LogP contribution in [0.1, 0.15) is 18.9 Å². The average Bonchev–Trinajstić information content (AvgIpc) is 2.92. The van der Waals surface area contributed by atoms with Crippen molar-refractivity contribution in [1.82, 2.24) is 0 Å². The Morgan fingerprint density at radius 1 is 1.50 bits per heavy atom. The van der Waals surface area contributed by atoms with E-state index in [1.54, 1.807) is 14.0 Å². The Balaban J connectivity index is 0.00000242. The number of hydrogen-bond acceptors (Lipinski definition) is 6. The van der Waals surface area contributed by atoms with Crippen molar-refractivity contribution in [2.75, 3.05) is 20.3 Å². The fraction of sp³-hybridized carbons (Fsp3) is 0.467. The van der Waals surface area contributed by atoms with Gasteiger partial charge >= 0.3 is 5.97 Å². The summed E-state index contributed by atoms with van der Waals surface area (Å²) < 4.78 is 10.3. The first-order valence-electron chi connectivity index (χ1n) is 6.87. The van der Waals surface area contributed by atoms with Gasteiger partial charge < -0.3 is 20.0 Å². The van der Waals surface area contributed by atoms with Gasteiger partial charge in [-0.15, -0.1) is 12.4 Å². The van der Waals surface area contributed by atoms with E-state index < -0.39 is 11.6 Å². The van der Waals surface area contributed by atoms with Crippen molar-refractivity contribution in [3.63, 3.8) is 0 Å². The Morgan fingerprint density at radius 2 is 2.27 bits per heavy atom. The van der Waals surface area contributed by atoms with Gasteiger partial charge in [-0.2, -0.15) is 0 Å². The molecule has 0 aromatic heterocycles. The number of carbonyl (C=O) groups is 1. The lowest BCUT2D eigenvalue weighted by molar-refractivity contribution is -0.168. The highest BCUT2D eigenvalue weighted by molar-refractivity contribution is 5.94. The molecule has 0 amide bonds. The lowest BCUT2D eigenvalue weighted by Gasteiger charge is -2.24. The van der Waals surface area contributed by atoms with E-state index in [9.17, 15) is 4.79 Å². The maximum absolute atomic E-state index is 12.3. The predicted molar refractivity (Wildman–Crippen MR) is 85.5 cm³/mol. The summed E-state index contributed by atoms with van der Waals surface area (Å²) in [5.41, 5.74) is 6.03. The summed E-state index contributed by atoms with van der Waals surface area (Å²) in [4.78, 5) is 17.7. The molecule has 0 spiro atoms. The van der Waals surface area contributed by atoms with E-state index >= 15 is 0 Å². The molecular formula is C15H21ClN2O4. The van der Waals surface area contributed by atoms with Crippen LogP contribution in [0.3, 0.4) is 0 Å². The first-order valence-corrected chi connectivity index (χ1v) is 6.87. The lowest BCUT2D eigenvalue weighted by atomic mass is 9.89. The molecule has 1 aliphatic rings. The monoisotopic (exact) mass is 328 g/mol. The molecule has 122 valence electrons. The van der Waals surface area contributed by atoms with Crippen molar-refractivity contribution in [3.8, 4) is 5.75 Å². The van der Waals surface area contributed by atoms with Crippen molar-refractivity contribution in [3.05, 3.63) is 29.8 Å². The molecule has 2 rings (SSSR count). The highest BCUT2D eigenvalue weighted by atomic mass is 35.5. The highest BCUT2D eigenvalue weighted by Crippen LogP contribution is 2.30. The van der Waals surface area contributed by atoms with Crippen LogP contribution >= 0.6 is 12.4 Å². The first-order chi connectivity index (χ1) is 10.1. The second-order valence-electron chi connectivity index (χ2n) is 4.87. The van der Waals surface area contributed by atoms with Crippen LogP contribution in [0.4, 0.5) is 0 Å². The molecule has 0 saturated heterocycles. The maximum atomic E-state index is 12.3. The number of oxime groups is 1. The number of benzene rings is 1. The van der Waals surface area contributed by atoms with Crippen LogP contribution in [0.25, 0.3) is 0 Å². The first kappa shape index (κ1) is 18.3. The van der Waals surface area contributed by atoms with Gasteiger partial charge in [-0.25, -0.2) is 4.79 Å². The topological polar surface area (TPSA) is 83.1 Å². The van der Waals surface area contributed by atoms with E-state index in [0.29, 0.717) is 25.2 Å². The zero-order chi connectivity index (χ0) is 15.3. The molecule has 1 atom stereocenters. The molecule has 2 N–H and O–H groups in total. The molecule has 1 aliphatic heterocycles. The third-order valence-electron chi connectivity index (χ3n) is 3.35. The minimum atomic E-state index is -1.13. The number of nitrogens with two attached hydrogens (primary N) is 1. The Kier molecular flexibility index (Phi) is 6.64. The number of nitrogens with zero attached hydrogens (tertiary/aromatic N) is 1. The molecule has 0 bridgehead atoms. The second-order valence-corrected chi connectivity index (χ2v) is 4.87. The Bertz CT molecular complexity index is 550. The van der Waals surface area contributed by atoms with E-state index in [-0.39, 0.29) is 19.0 Å². The molecule has 22 heavy (non-hydrogen) atoms. The van der Waals surface area contributed by atoms with Crippen molar-refractivity contribution in [2.24, 2.45) is 10.9 Å². The number of ether oxygens (including phenoxy) is 2. The van der Waals surface area contributed by atoms with Crippen LogP contribution in [-0.4, -0.2) is 37.5 Å².